The largest absolute Gasteiger partial charge is 0.384 e. The number of benzene rings is 1. The average Bonchev–Trinajstić information content (AvgIpc) is 2.65. The Morgan fingerprint density at radius 3 is 2.27 bits per heavy atom. The van der Waals surface area contributed by atoms with E-state index in [2.05, 4.69) is 57.3 Å². The van der Waals surface area contributed by atoms with Crippen molar-refractivity contribution in [3.05, 3.63) is 30.3 Å². The first kappa shape index (κ1) is 21.7. The van der Waals surface area contributed by atoms with Crippen LogP contribution in [-0.4, -0.2) is 35.0 Å². The van der Waals surface area contributed by atoms with E-state index in [0.29, 0.717) is 0 Å². The number of hydrogen-bond donors (Lipinski definition) is 0. The fraction of sp³-hybridized carbons (Fsp3) is 0.739. The molecular weight excluding hydrogens is 336 g/mol. The molecule has 0 aromatic heterocycles. The fourth-order valence-corrected chi connectivity index (χ4v) is 7.19. The zero-order valence-corrected chi connectivity index (χ0v) is 18.7. The third kappa shape index (κ3) is 5.67. The molecule has 0 bridgehead atoms. The minimum atomic E-state index is -1.45. The summed E-state index contributed by atoms with van der Waals surface area (Å²) in [7, 11) is 0.421. The van der Waals surface area contributed by atoms with Crippen molar-refractivity contribution in [1.82, 2.24) is 0 Å². The monoisotopic (exact) mass is 376 g/mol. The van der Waals surface area contributed by atoms with Crippen LogP contribution >= 0.6 is 0 Å². The van der Waals surface area contributed by atoms with Gasteiger partial charge >= 0.3 is 0 Å². The third-order valence-corrected chi connectivity index (χ3v) is 10.1. The van der Waals surface area contributed by atoms with Crippen LogP contribution in [0.5, 0.6) is 0 Å². The Morgan fingerprint density at radius 2 is 1.69 bits per heavy atom. The molecule has 1 aliphatic rings. The highest BCUT2D eigenvalue weighted by molar-refractivity contribution is 6.89. The van der Waals surface area contributed by atoms with Crippen LogP contribution in [0.2, 0.25) is 19.1 Å². The van der Waals surface area contributed by atoms with Crippen molar-refractivity contribution in [2.24, 2.45) is 17.3 Å². The lowest BCUT2D eigenvalue weighted by Gasteiger charge is -2.44. The zero-order valence-electron chi connectivity index (χ0n) is 17.7. The molecule has 0 radical (unpaired) electrons. The summed E-state index contributed by atoms with van der Waals surface area (Å²) in [5, 5.41) is 1.57. The maximum Gasteiger partial charge on any atom is 0.0806 e. The summed E-state index contributed by atoms with van der Waals surface area (Å²) >= 11 is 0. The lowest BCUT2D eigenvalue weighted by atomic mass is 9.66. The minimum absolute atomic E-state index is 0.184. The molecule has 1 aromatic carbocycles. The third-order valence-electron chi connectivity index (χ3n) is 6.71. The molecule has 0 saturated heterocycles. The molecule has 0 spiro atoms. The topological polar surface area (TPSA) is 18.5 Å². The van der Waals surface area contributed by atoms with Gasteiger partial charge in [0.15, 0.2) is 0 Å². The van der Waals surface area contributed by atoms with Crippen LogP contribution in [0.3, 0.4) is 0 Å². The first-order chi connectivity index (χ1) is 12.4. The summed E-state index contributed by atoms with van der Waals surface area (Å²) in [6, 6.07) is 12.5. The lowest BCUT2D eigenvalue weighted by Crippen LogP contribution is -2.46. The predicted octanol–water partition coefficient (Wildman–Crippen LogP) is 5.49. The molecule has 0 N–H and O–H groups in total. The Balaban J connectivity index is 2.16. The summed E-state index contributed by atoms with van der Waals surface area (Å²) in [6.45, 7) is 12.0. The van der Waals surface area contributed by atoms with Gasteiger partial charge in [-0.25, -0.2) is 0 Å². The predicted molar refractivity (Wildman–Crippen MR) is 115 cm³/mol. The van der Waals surface area contributed by atoms with Gasteiger partial charge in [-0.3, -0.25) is 0 Å². The highest BCUT2D eigenvalue weighted by Crippen LogP contribution is 2.45. The van der Waals surface area contributed by atoms with E-state index in [9.17, 15) is 0 Å². The van der Waals surface area contributed by atoms with Gasteiger partial charge < -0.3 is 9.47 Å². The van der Waals surface area contributed by atoms with Gasteiger partial charge in [0.1, 0.15) is 0 Å². The second-order valence-electron chi connectivity index (χ2n) is 9.14. The van der Waals surface area contributed by atoms with Crippen LogP contribution in [0.1, 0.15) is 46.0 Å². The molecule has 0 heterocycles. The van der Waals surface area contributed by atoms with Crippen LogP contribution in [0, 0.1) is 17.3 Å². The smallest absolute Gasteiger partial charge is 0.0806 e. The average molecular weight is 377 g/mol. The highest BCUT2D eigenvalue weighted by Gasteiger charge is 2.42. The van der Waals surface area contributed by atoms with Gasteiger partial charge in [0.2, 0.25) is 0 Å². The van der Waals surface area contributed by atoms with Crippen molar-refractivity contribution in [3.63, 3.8) is 0 Å². The maximum absolute atomic E-state index is 6.04. The molecule has 1 aromatic rings. The molecule has 2 rings (SSSR count). The van der Waals surface area contributed by atoms with E-state index < -0.39 is 8.07 Å². The molecule has 148 valence electrons. The van der Waals surface area contributed by atoms with Crippen LogP contribution in [-0.2, 0) is 9.47 Å². The lowest BCUT2D eigenvalue weighted by molar-refractivity contribution is -0.0565. The molecule has 1 atom stereocenters. The van der Waals surface area contributed by atoms with E-state index in [1.54, 1.807) is 5.19 Å². The van der Waals surface area contributed by atoms with Crippen LogP contribution in [0.4, 0.5) is 0 Å². The molecule has 3 heteroatoms. The Labute approximate surface area is 162 Å². The molecule has 2 nitrogen and oxygen atoms in total. The summed E-state index contributed by atoms with van der Waals surface area (Å²) in [6.07, 6.45) is 6.63. The molecule has 1 unspecified atom stereocenters. The van der Waals surface area contributed by atoms with Gasteiger partial charge in [-0.15, -0.1) is 0 Å². The number of methoxy groups -OCH3 is 1. The quantitative estimate of drug-likeness (QED) is 0.503. The zero-order chi connectivity index (χ0) is 19.0. The van der Waals surface area contributed by atoms with Gasteiger partial charge in [0.05, 0.1) is 21.3 Å². The maximum atomic E-state index is 6.04. The Hall–Kier alpha value is -0.643. The van der Waals surface area contributed by atoms with Crippen molar-refractivity contribution < 1.29 is 9.47 Å². The van der Waals surface area contributed by atoms with E-state index in [0.717, 1.165) is 31.7 Å². The highest BCUT2D eigenvalue weighted by atomic mass is 28.3. The summed E-state index contributed by atoms with van der Waals surface area (Å²) < 4.78 is 11.8. The molecule has 0 amide bonds. The molecular formula is C23H40O2Si. The van der Waals surface area contributed by atoms with Gasteiger partial charge in [0, 0.05) is 19.1 Å². The first-order valence-electron chi connectivity index (χ1n) is 10.6. The molecule has 0 aliphatic heterocycles. The van der Waals surface area contributed by atoms with E-state index in [-0.39, 0.29) is 5.41 Å². The normalized spacial score (nSPS) is 23.6. The van der Waals surface area contributed by atoms with Gasteiger partial charge in [0.25, 0.3) is 0 Å². The van der Waals surface area contributed by atoms with Crippen molar-refractivity contribution in [2.45, 2.75) is 65.1 Å². The second-order valence-corrected chi connectivity index (χ2v) is 14.0. The number of rotatable bonds is 10. The van der Waals surface area contributed by atoms with E-state index in [4.69, 9.17) is 9.47 Å². The Morgan fingerprint density at radius 1 is 1.04 bits per heavy atom. The fourth-order valence-electron chi connectivity index (χ4n) is 4.69. The minimum Gasteiger partial charge on any atom is -0.384 e. The second kappa shape index (κ2) is 10.1. The van der Waals surface area contributed by atoms with Gasteiger partial charge in [-0.05, 0) is 38.0 Å². The summed E-state index contributed by atoms with van der Waals surface area (Å²) in [4.78, 5) is 0. The van der Waals surface area contributed by atoms with Crippen molar-refractivity contribution in [1.29, 1.82) is 0 Å². The van der Waals surface area contributed by atoms with Crippen LogP contribution < -0.4 is 5.19 Å². The van der Waals surface area contributed by atoms with Crippen LogP contribution in [0.15, 0.2) is 30.3 Å². The van der Waals surface area contributed by atoms with Crippen molar-refractivity contribution in [2.75, 3.05) is 26.9 Å². The molecule has 1 saturated carbocycles. The number of hydrogen-bond acceptors (Lipinski definition) is 2. The van der Waals surface area contributed by atoms with E-state index >= 15 is 0 Å². The van der Waals surface area contributed by atoms with E-state index in [1.165, 1.54) is 38.1 Å². The van der Waals surface area contributed by atoms with Gasteiger partial charge in [-0.2, -0.15) is 0 Å². The standard InChI is InChI=1S/C23H40O2Si/c1-6-25-19-23(18-24-3,21-14-12-20(2)13-15-21)16-17-26(4,5)22-10-8-7-9-11-22/h7-11,20-21H,6,12-19H2,1-5H3. The molecule has 26 heavy (non-hydrogen) atoms. The van der Waals surface area contributed by atoms with Crippen molar-refractivity contribution in [3.8, 4) is 0 Å². The van der Waals surface area contributed by atoms with Crippen molar-refractivity contribution >= 4 is 13.3 Å². The SMILES string of the molecule is CCOCC(CC[Si](C)(C)c1ccccc1)(COC)C1CCC(C)CC1. The summed E-state index contributed by atoms with van der Waals surface area (Å²) in [5.74, 6) is 1.62. The van der Waals surface area contributed by atoms with Crippen LogP contribution in [0.25, 0.3) is 0 Å². The Kier molecular flexibility index (Phi) is 8.37. The first-order valence-corrected chi connectivity index (χ1v) is 13.8. The molecule has 1 fully saturated rings. The van der Waals surface area contributed by atoms with Gasteiger partial charge in [-0.1, -0.05) is 74.4 Å². The molecule has 1 aliphatic carbocycles. The Bertz CT molecular complexity index is 508. The number of ether oxygens (including phenoxy) is 2. The summed E-state index contributed by atoms with van der Waals surface area (Å²) in [5.41, 5.74) is 0.184. The van der Waals surface area contributed by atoms with E-state index in [1.807, 2.05) is 7.11 Å².